The van der Waals surface area contributed by atoms with Gasteiger partial charge in [0.2, 0.25) is 0 Å². The summed E-state index contributed by atoms with van der Waals surface area (Å²) in [5, 5.41) is 13.2. The third-order valence-electron chi connectivity index (χ3n) is 3.29. The molecule has 0 aliphatic heterocycles. The van der Waals surface area contributed by atoms with Crippen molar-refractivity contribution >= 4 is 5.78 Å². The highest BCUT2D eigenvalue weighted by Crippen LogP contribution is 2.22. The first-order chi connectivity index (χ1) is 10.9. The summed E-state index contributed by atoms with van der Waals surface area (Å²) in [7, 11) is 0. The van der Waals surface area contributed by atoms with Gasteiger partial charge in [-0.1, -0.05) is 13.8 Å². The predicted octanol–water partition coefficient (Wildman–Crippen LogP) is 2.41. The minimum absolute atomic E-state index is 0.00668. The molecule has 5 heteroatoms. The molecule has 0 saturated heterocycles. The molecule has 0 aliphatic rings. The van der Waals surface area contributed by atoms with E-state index >= 15 is 0 Å². The average Bonchev–Trinajstić information content (AvgIpc) is 2.50. The van der Waals surface area contributed by atoms with Gasteiger partial charge in [-0.2, -0.15) is 0 Å². The second-order valence-electron chi connectivity index (χ2n) is 6.03. The first-order valence-electron chi connectivity index (χ1n) is 8.17. The lowest BCUT2D eigenvalue weighted by Gasteiger charge is -2.16. The van der Waals surface area contributed by atoms with E-state index in [4.69, 9.17) is 9.47 Å². The Morgan fingerprint density at radius 2 is 2.04 bits per heavy atom. The maximum Gasteiger partial charge on any atom is 0.159 e. The Kier molecular flexibility index (Phi) is 8.84. The zero-order valence-electron chi connectivity index (χ0n) is 14.6. The third kappa shape index (κ3) is 7.59. The molecule has 1 aromatic carbocycles. The number of aliphatic hydroxyl groups excluding tert-OH is 1. The molecule has 0 bridgehead atoms. The SMILES string of the molecule is CCOCc1cc(C(C)=O)ccc1OCC(O)CNCC(C)C. The summed E-state index contributed by atoms with van der Waals surface area (Å²) in [6.45, 7) is 10.2. The molecule has 2 N–H and O–H groups in total. The van der Waals surface area contributed by atoms with Crippen molar-refractivity contribution in [1.29, 1.82) is 0 Å². The molecule has 0 aromatic heterocycles. The molecule has 1 atom stereocenters. The van der Waals surface area contributed by atoms with Crippen molar-refractivity contribution in [2.75, 3.05) is 26.3 Å². The topological polar surface area (TPSA) is 67.8 Å². The quantitative estimate of drug-likeness (QED) is 0.612. The Hall–Kier alpha value is -1.43. The van der Waals surface area contributed by atoms with Crippen LogP contribution in [0.3, 0.4) is 0 Å². The zero-order chi connectivity index (χ0) is 17.2. The summed E-state index contributed by atoms with van der Waals surface area (Å²) in [4.78, 5) is 11.5. The molecule has 1 unspecified atom stereocenters. The van der Waals surface area contributed by atoms with Crippen LogP contribution in [0.1, 0.15) is 43.6 Å². The molecular weight excluding hydrogens is 294 g/mol. The standard InChI is InChI=1S/C18H29NO4/c1-5-22-11-16-8-15(14(4)20)6-7-18(16)23-12-17(21)10-19-9-13(2)3/h6-8,13,17,19,21H,5,9-12H2,1-4H3. The fraction of sp³-hybridized carbons (Fsp3) is 0.611. The van der Waals surface area contributed by atoms with E-state index in [0.29, 0.717) is 37.0 Å². The van der Waals surface area contributed by atoms with Crippen LogP contribution in [0.4, 0.5) is 0 Å². The molecule has 0 amide bonds. The van der Waals surface area contributed by atoms with Crippen LogP contribution < -0.4 is 10.1 Å². The molecule has 1 rings (SSSR count). The molecule has 1 aromatic rings. The number of hydrogen-bond donors (Lipinski definition) is 2. The average molecular weight is 323 g/mol. The van der Waals surface area contributed by atoms with Crippen molar-refractivity contribution in [3.8, 4) is 5.75 Å². The van der Waals surface area contributed by atoms with Crippen molar-refractivity contribution < 1.29 is 19.4 Å². The lowest BCUT2D eigenvalue weighted by molar-refractivity contribution is 0.0989. The molecule has 23 heavy (non-hydrogen) atoms. The van der Waals surface area contributed by atoms with E-state index < -0.39 is 6.10 Å². The Bertz CT molecular complexity index is 488. The summed E-state index contributed by atoms with van der Waals surface area (Å²) in [6.07, 6.45) is -0.582. The van der Waals surface area contributed by atoms with Gasteiger partial charge in [-0.15, -0.1) is 0 Å². The molecule has 0 spiro atoms. The van der Waals surface area contributed by atoms with Crippen molar-refractivity contribution in [1.82, 2.24) is 5.32 Å². The largest absolute Gasteiger partial charge is 0.490 e. The molecule has 0 heterocycles. The first-order valence-corrected chi connectivity index (χ1v) is 8.17. The summed E-state index contributed by atoms with van der Waals surface area (Å²) in [6, 6.07) is 5.28. The lowest BCUT2D eigenvalue weighted by Crippen LogP contribution is -2.33. The van der Waals surface area contributed by atoms with Crippen LogP contribution in [0.25, 0.3) is 0 Å². The smallest absolute Gasteiger partial charge is 0.159 e. The number of benzene rings is 1. The van der Waals surface area contributed by atoms with Gasteiger partial charge in [-0.3, -0.25) is 4.79 Å². The third-order valence-corrected chi connectivity index (χ3v) is 3.29. The number of Topliss-reactive ketones (excluding diaryl/α,β-unsaturated/α-hetero) is 1. The molecule has 0 saturated carbocycles. The van der Waals surface area contributed by atoms with Crippen molar-refractivity contribution in [2.24, 2.45) is 5.92 Å². The van der Waals surface area contributed by atoms with Gasteiger partial charge in [-0.25, -0.2) is 0 Å². The van der Waals surface area contributed by atoms with Crippen LogP contribution in [0.5, 0.6) is 5.75 Å². The van der Waals surface area contributed by atoms with Crippen molar-refractivity contribution in [3.63, 3.8) is 0 Å². The number of nitrogens with one attached hydrogen (secondary N) is 1. The lowest BCUT2D eigenvalue weighted by atomic mass is 10.1. The van der Waals surface area contributed by atoms with Crippen LogP contribution in [-0.4, -0.2) is 43.3 Å². The van der Waals surface area contributed by atoms with E-state index in [2.05, 4.69) is 19.2 Å². The van der Waals surface area contributed by atoms with Gasteiger partial charge in [0.15, 0.2) is 5.78 Å². The monoisotopic (exact) mass is 323 g/mol. The number of ketones is 1. The summed E-state index contributed by atoms with van der Waals surface area (Å²) < 4.78 is 11.1. The summed E-state index contributed by atoms with van der Waals surface area (Å²) in [5.41, 5.74) is 1.45. The molecule has 0 aliphatic carbocycles. The minimum atomic E-state index is -0.582. The Morgan fingerprint density at radius 3 is 2.65 bits per heavy atom. The maximum atomic E-state index is 11.5. The predicted molar refractivity (Wildman–Crippen MR) is 91.0 cm³/mol. The van der Waals surface area contributed by atoms with Crippen LogP contribution >= 0.6 is 0 Å². The summed E-state index contributed by atoms with van der Waals surface area (Å²) >= 11 is 0. The number of ether oxygens (including phenoxy) is 2. The normalized spacial score (nSPS) is 12.4. The van der Waals surface area contributed by atoms with Gasteiger partial charge in [0.25, 0.3) is 0 Å². The van der Waals surface area contributed by atoms with E-state index in [-0.39, 0.29) is 12.4 Å². The second kappa shape index (κ2) is 10.4. The number of carbonyl (C=O) groups excluding carboxylic acids is 1. The Balaban J connectivity index is 2.61. The molecule has 130 valence electrons. The van der Waals surface area contributed by atoms with Gasteiger partial charge < -0.3 is 19.9 Å². The van der Waals surface area contributed by atoms with E-state index in [0.717, 1.165) is 12.1 Å². The fourth-order valence-electron chi connectivity index (χ4n) is 2.05. The fourth-order valence-corrected chi connectivity index (χ4v) is 2.05. The molecule has 5 nitrogen and oxygen atoms in total. The summed E-state index contributed by atoms with van der Waals surface area (Å²) in [5.74, 6) is 1.19. The second-order valence-corrected chi connectivity index (χ2v) is 6.03. The van der Waals surface area contributed by atoms with Gasteiger partial charge in [0.05, 0.1) is 6.61 Å². The minimum Gasteiger partial charge on any atom is -0.490 e. The van der Waals surface area contributed by atoms with Crippen LogP contribution in [0.2, 0.25) is 0 Å². The van der Waals surface area contributed by atoms with Crippen LogP contribution in [0.15, 0.2) is 18.2 Å². The van der Waals surface area contributed by atoms with E-state index in [9.17, 15) is 9.90 Å². The van der Waals surface area contributed by atoms with Gasteiger partial charge in [0.1, 0.15) is 18.5 Å². The zero-order valence-corrected chi connectivity index (χ0v) is 14.6. The Labute approximate surface area is 139 Å². The highest BCUT2D eigenvalue weighted by molar-refractivity contribution is 5.94. The number of rotatable bonds is 11. The molecule has 0 fully saturated rings. The number of aliphatic hydroxyl groups is 1. The van der Waals surface area contributed by atoms with Gasteiger partial charge >= 0.3 is 0 Å². The van der Waals surface area contributed by atoms with Gasteiger partial charge in [-0.05, 0) is 44.5 Å². The van der Waals surface area contributed by atoms with E-state index in [1.165, 1.54) is 6.92 Å². The number of hydrogen-bond acceptors (Lipinski definition) is 5. The number of carbonyl (C=O) groups is 1. The van der Waals surface area contributed by atoms with Gasteiger partial charge in [0, 0.05) is 24.3 Å². The van der Waals surface area contributed by atoms with Crippen molar-refractivity contribution in [3.05, 3.63) is 29.3 Å². The van der Waals surface area contributed by atoms with E-state index in [1.807, 2.05) is 6.92 Å². The van der Waals surface area contributed by atoms with Crippen LogP contribution in [0, 0.1) is 5.92 Å². The van der Waals surface area contributed by atoms with Crippen LogP contribution in [-0.2, 0) is 11.3 Å². The van der Waals surface area contributed by atoms with E-state index in [1.54, 1.807) is 18.2 Å². The maximum absolute atomic E-state index is 11.5. The first kappa shape index (κ1) is 19.6. The highest BCUT2D eigenvalue weighted by Gasteiger charge is 2.11. The Morgan fingerprint density at radius 1 is 1.30 bits per heavy atom. The highest BCUT2D eigenvalue weighted by atomic mass is 16.5. The molecular formula is C18H29NO4. The molecule has 0 radical (unpaired) electrons. The van der Waals surface area contributed by atoms with Crippen molar-refractivity contribution in [2.45, 2.75) is 40.4 Å².